The Balaban J connectivity index is 1.87. The van der Waals surface area contributed by atoms with E-state index in [9.17, 15) is 9.18 Å². The number of rotatable bonds is 4. The number of hydrogen-bond donors (Lipinski definition) is 2. The van der Waals surface area contributed by atoms with Crippen molar-refractivity contribution in [3.8, 4) is 5.75 Å². The van der Waals surface area contributed by atoms with Crippen LogP contribution < -0.4 is 15.8 Å². The zero-order valence-corrected chi connectivity index (χ0v) is 16.2. The molecular weight excluding hydrogens is 357 g/mol. The monoisotopic (exact) mass is 383 g/mol. The number of hydrogen-bond acceptors (Lipinski definition) is 4. The number of halogens is 1. The van der Waals surface area contributed by atoms with Crippen molar-refractivity contribution in [2.75, 3.05) is 25.0 Å². The third-order valence-electron chi connectivity index (χ3n) is 3.95. The first-order valence-corrected chi connectivity index (χ1v) is 9.02. The highest BCUT2D eigenvalue weighted by Crippen LogP contribution is 2.29. The SMILES string of the molecule is CC(C)(C)OC(=O)N1CCC(COc2c(F)cccc2NC(N)=S)CC1. The second-order valence-electron chi connectivity index (χ2n) is 7.33. The number of piperidine rings is 1. The highest BCUT2D eigenvalue weighted by atomic mass is 32.1. The lowest BCUT2D eigenvalue weighted by Crippen LogP contribution is -2.42. The van der Waals surface area contributed by atoms with Gasteiger partial charge in [-0.2, -0.15) is 0 Å². The van der Waals surface area contributed by atoms with Gasteiger partial charge in [0.15, 0.2) is 16.7 Å². The predicted octanol–water partition coefficient (Wildman–Crippen LogP) is 3.51. The number of thiocarbonyl (C=S) groups is 1. The molecule has 0 atom stereocenters. The summed E-state index contributed by atoms with van der Waals surface area (Å²) >= 11 is 4.80. The minimum absolute atomic E-state index is 0.0473. The molecule has 1 amide bonds. The molecule has 0 spiro atoms. The molecule has 3 N–H and O–H groups in total. The van der Waals surface area contributed by atoms with Crippen LogP contribution in [0.5, 0.6) is 5.75 Å². The summed E-state index contributed by atoms with van der Waals surface area (Å²) in [5.74, 6) is -0.140. The number of anilines is 1. The van der Waals surface area contributed by atoms with E-state index < -0.39 is 11.4 Å². The Kier molecular flexibility index (Phi) is 6.63. The summed E-state index contributed by atoms with van der Waals surface area (Å²) in [5, 5.41) is 2.77. The van der Waals surface area contributed by atoms with Crippen LogP contribution in [0, 0.1) is 11.7 Å². The Hall–Kier alpha value is -2.09. The second kappa shape index (κ2) is 8.53. The molecule has 0 unspecified atom stereocenters. The first-order valence-electron chi connectivity index (χ1n) is 8.61. The number of carbonyl (C=O) groups is 1. The summed E-state index contributed by atoms with van der Waals surface area (Å²) in [6, 6.07) is 4.54. The number of carbonyl (C=O) groups excluding carboxylic acids is 1. The third kappa shape index (κ3) is 6.01. The quantitative estimate of drug-likeness (QED) is 0.775. The molecule has 1 heterocycles. The zero-order chi connectivity index (χ0) is 19.3. The molecule has 1 aliphatic heterocycles. The minimum atomic E-state index is -0.505. The van der Waals surface area contributed by atoms with Gasteiger partial charge in [-0.15, -0.1) is 0 Å². The number of nitrogens with zero attached hydrogens (tertiary/aromatic N) is 1. The predicted molar refractivity (Wildman–Crippen MR) is 103 cm³/mol. The maximum atomic E-state index is 14.1. The number of amides is 1. The molecule has 0 bridgehead atoms. The molecular formula is C18H26FN3O3S. The van der Waals surface area contributed by atoms with Crippen molar-refractivity contribution < 1.29 is 18.7 Å². The van der Waals surface area contributed by atoms with Crippen molar-refractivity contribution in [1.82, 2.24) is 4.90 Å². The van der Waals surface area contributed by atoms with Crippen LogP contribution >= 0.6 is 12.2 Å². The topological polar surface area (TPSA) is 76.8 Å². The van der Waals surface area contributed by atoms with Crippen LogP contribution in [0.4, 0.5) is 14.9 Å². The summed E-state index contributed by atoms with van der Waals surface area (Å²) in [4.78, 5) is 13.8. The number of nitrogens with one attached hydrogen (secondary N) is 1. The van der Waals surface area contributed by atoms with Crippen LogP contribution in [0.1, 0.15) is 33.6 Å². The Morgan fingerprint density at radius 1 is 1.38 bits per heavy atom. The van der Waals surface area contributed by atoms with Gasteiger partial charge in [-0.3, -0.25) is 0 Å². The van der Waals surface area contributed by atoms with Gasteiger partial charge < -0.3 is 25.4 Å². The van der Waals surface area contributed by atoms with E-state index in [-0.39, 0.29) is 22.9 Å². The lowest BCUT2D eigenvalue weighted by Gasteiger charge is -2.33. The molecule has 0 radical (unpaired) electrons. The van der Waals surface area contributed by atoms with Gasteiger partial charge >= 0.3 is 6.09 Å². The van der Waals surface area contributed by atoms with Crippen molar-refractivity contribution in [2.24, 2.45) is 11.7 Å². The maximum absolute atomic E-state index is 14.1. The van der Waals surface area contributed by atoms with Crippen molar-refractivity contribution in [1.29, 1.82) is 0 Å². The van der Waals surface area contributed by atoms with Crippen LogP contribution in [0.25, 0.3) is 0 Å². The highest BCUT2D eigenvalue weighted by molar-refractivity contribution is 7.80. The Morgan fingerprint density at radius 3 is 2.62 bits per heavy atom. The average Bonchev–Trinajstić information content (AvgIpc) is 2.52. The standard InChI is InChI=1S/C18H26FN3O3S/c1-18(2,3)25-17(23)22-9-7-12(8-10-22)11-24-15-13(19)5-4-6-14(15)21-16(20)26/h4-6,12H,7-11H2,1-3H3,(H3,20,21,26). The van der Waals surface area contributed by atoms with Gasteiger partial charge in [0, 0.05) is 13.1 Å². The summed E-state index contributed by atoms with van der Waals surface area (Å²) in [7, 11) is 0. The number of ether oxygens (including phenoxy) is 2. The molecule has 0 aromatic heterocycles. The van der Waals surface area contributed by atoms with Crippen LogP contribution in [0.3, 0.4) is 0 Å². The fraction of sp³-hybridized carbons (Fsp3) is 0.556. The normalized spacial score (nSPS) is 15.5. The van der Waals surface area contributed by atoms with Crippen molar-refractivity contribution in [3.63, 3.8) is 0 Å². The Bertz CT molecular complexity index is 656. The molecule has 1 aromatic rings. The van der Waals surface area contributed by atoms with E-state index in [0.29, 0.717) is 25.4 Å². The smallest absolute Gasteiger partial charge is 0.410 e. The maximum Gasteiger partial charge on any atom is 0.410 e. The molecule has 0 saturated carbocycles. The Labute approximate surface area is 158 Å². The molecule has 1 aromatic carbocycles. The van der Waals surface area contributed by atoms with E-state index in [0.717, 1.165) is 12.8 Å². The van der Waals surface area contributed by atoms with Gasteiger partial charge in [-0.05, 0) is 63.9 Å². The molecule has 1 aliphatic rings. The summed E-state index contributed by atoms with van der Waals surface area (Å²) in [6.07, 6.45) is 1.24. The van der Waals surface area contributed by atoms with Crippen LogP contribution in [-0.2, 0) is 4.74 Å². The highest BCUT2D eigenvalue weighted by Gasteiger charge is 2.27. The zero-order valence-electron chi connectivity index (χ0n) is 15.4. The first kappa shape index (κ1) is 20.2. The number of para-hydroxylation sites is 1. The van der Waals surface area contributed by atoms with Gasteiger partial charge in [0.2, 0.25) is 0 Å². The first-order chi connectivity index (χ1) is 12.2. The molecule has 1 fully saturated rings. The lowest BCUT2D eigenvalue weighted by atomic mass is 9.98. The van der Waals surface area contributed by atoms with Crippen molar-refractivity contribution in [3.05, 3.63) is 24.0 Å². The molecule has 6 nitrogen and oxygen atoms in total. The van der Waals surface area contributed by atoms with Crippen molar-refractivity contribution in [2.45, 2.75) is 39.2 Å². The lowest BCUT2D eigenvalue weighted by molar-refractivity contribution is 0.0164. The van der Waals surface area contributed by atoms with Gasteiger partial charge in [0.25, 0.3) is 0 Å². The van der Waals surface area contributed by atoms with Crippen LogP contribution in [0.2, 0.25) is 0 Å². The number of benzene rings is 1. The van der Waals surface area contributed by atoms with E-state index in [4.69, 9.17) is 27.4 Å². The van der Waals surface area contributed by atoms with Crippen molar-refractivity contribution >= 4 is 29.1 Å². The third-order valence-corrected chi connectivity index (χ3v) is 4.06. The number of nitrogens with two attached hydrogens (primary N) is 1. The second-order valence-corrected chi connectivity index (χ2v) is 7.77. The van der Waals surface area contributed by atoms with E-state index >= 15 is 0 Å². The summed E-state index contributed by atoms with van der Waals surface area (Å²) in [5.41, 5.74) is 5.36. The summed E-state index contributed by atoms with van der Waals surface area (Å²) < 4.78 is 25.1. The van der Waals surface area contributed by atoms with Crippen LogP contribution in [-0.4, -0.2) is 41.4 Å². The largest absolute Gasteiger partial charge is 0.488 e. The van der Waals surface area contributed by atoms with E-state index in [1.807, 2.05) is 20.8 Å². The van der Waals surface area contributed by atoms with Gasteiger partial charge in [-0.1, -0.05) is 6.07 Å². The van der Waals surface area contributed by atoms with E-state index in [1.54, 1.807) is 17.0 Å². The van der Waals surface area contributed by atoms with Crippen LogP contribution in [0.15, 0.2) is 18.2 Å². The minimum Gasteiger partial charge on any atom is -0.488 e. The van der Waals surface area contributed by atoms with Gasteiger partial charge in [0.05, 0.1) is 12.3 Å². The Morgan fingerprint density at radius 2 is 2.04 bits per heavy atom. The average molecular weight is 383 g/mol. The molecule has 2 rings (SSSR count). The fourth-order valence-electron chi connectivity index (χ4n) is 2.70. The molecule has 8 heteroatoms. The van der Waals surface area contributed by atoms with E-state index in [1.165, 1.54) is 6.07 Å². The van der Waals surface area contributed by atoms with Gasteiger partial charge in [-0.25, -0.2) is 9.18 Å². The molecule has 26 heavy (non-hydrogen) atoms. The molecule has 0 aliphatic carbocycles. The summed E-state index contributed by atoms with van der Waals surface area (Å²) in [6.45, 7) is 7.08. The molecule has 1 saturated heterocycles. The van der Waals surface area contributed by atoms with Gasteiger partial charge in [0.1, 0.15) is 5.60 Å². The number of likely N-dealkylation sites (tertiary alicyclic amines) is 1. The molecule has 144 valence electrons. The van der Waals surface area contributed by atoms with E-state index in [2.05, 4.69) is 5.32 Å². The fourth-order valence-corrected chi connectivity index (χ4v) is 2.81.